The number of rotatable bonds is 2. The third kappa shape index (κ3) is 1.92. The van der Waals surface area contributed by atoms with Crippen molar-refractivity contribution in [1.29, 1.82) is 0 Å². The first-order chi connectivity index (χ1) is 6.90. The highest BCUT2D eigenvalue weighted by Crippen LogP contribution is 2.08. The maximum Gasteiger partial charge on any atom is 0.0343 e. The molecule has 0 atom stereocenters. The van der Waals surface area contributed by atoms with Crippen LogP contribution in [0.1, 0.15) is 26.2 Å². The summed E-state index contributed by atoms with van der Waals surface area (Å²) in [7, 11) is 0. The minimum absolute atomic E-state index is 1.03. The Balaban J connectivity index is 2.48. The fourth-order valence-corrected chi connectivity index (χ4v) is 1.78. The van der Waals surface area contributed by atoms with Crippen LogP contribution in [0.15, 0.2) is 30.1 Å². The van der Waals surface area contributed by atoms with Crippen molar-refractivity contribution >= 4 is 12.2 Å². The molecule has 1 nitrogen and oxygen atoms in total. The first kappa shape index (κ1) is 9.20. The molecule has 0 saturated carbocycles. The van der Waals surface area contributed by atoms with Crippen molar-refractivity contribution in [2.24, 2.45) is 0 Å². The number of aromatic nitrogens is 1. The van der Waals surface area contributed by atoms with Crippen molar-refractivity contribution in [3.8, 4) is 0 Å². The molecular formula is C13H15N. The van der Waals surface area contributed by atoms with Gasteiger partial charge in [0.2, 0.25) is 0 Å². The number of pyridine rings is 1. The van der Waals surface area contributed by atoms with Crippen molar-refractivity contribution in [3.63, 3.8) is 0 Å². The number of allylic oxidation sites excluding steroid dienone is 2. The first-order valence-electron chi connectivity index (χ1n) is 5.21. The Morgan fingerprint density at radius 2 is 2.21 bits per heavy atom. The third-order valence-electron chi connectivity index (χ3n) is 2.48. The van der Waals surface area contributed by atoms with Gasteiger partial charge in [-0.15, -0.1) is 0 Å². The summed E-state index contributed by atoms with van der Waals surface area (Å²) >= 11 is 0. The first-order valence-corrected chi connectivity index (χ1v) is 5.21. The van der Waals surface area contributed by atoms with Gasteiger partial charge in [-0.3, -0.25) is 4.98 Å². The molecule has 0 unspecified atom stereocenters. The van der Waals surface area contributed by atoms with E-state index in [2.05, 4.69) is 36.2 Å². The number of nitrogens with zero attached hydrogens (tertiary/aromatic N) is 1. The topological polar surface area (TPSA) is 12.9 Å². The predicted molar refractivity (Wildman–Crippen MR) is 60.0 cm³/mol. The lowest BCUT2D eigenvalue weighted by Crippen LogP contribution is -2.23. The van der Waals surface area contributed by atoms with Gasteiger partial charge in [-0.05, 0) is 29.3 Å². The summed E-state index contributed by atoms with van der Waals surface area (Å²) in [4.78, 5) is 4.14. The van der Waals surface area contributed by atoms with E-state index in [0.717, 1.165) is 6.42 Å². The Morgan fingerprint density at radius 3 is 3.07 bits per heavy atom. The van der Waals surface area contributed by atoms with Crippen molar-refractivity contribution in [3.05, 3.63) is 40.5 Å². The quantitative estimate of drug-likeness (QED) is 0.684. The summed E-state index contributed by atoms with van der Waals surface area (Å²) in [6.45, 7) is 2.22. The van der Waals surface area contributed by atoms with Gasteiger partial charge in [0.15, 0.2) is 0 Å². The van der Waals surface area contributed by atoms with Crippen molar-refractivity contribution in [2.45, 2.75) is 26.2 Å². The van der Waals surface area contributed by atoms with Gasteiger partial charge in [-0.1, -0.05) is 37.1 Å². The molecule has 0 spiro atoms. The van der Waals surface area contributed by atoms with E-state index >= 15 is 0 Å². The molecule has 1 heteroatoms. The highest BCUT2D eigenvalue weighted by Gasteiger charge is 1.95. The Kier molecular flexibility index (Phi) is 2.78. The fourth-order valence-electron chi connectivity index (χ4n) is 1.78. The lowest BCUT2D eigenvalue weighted by molar-refractivity contribution is 0.931. The number of hydrogen-bond acceptors (Lipinski definition) is 1. The Morgan fingerprint density at radius 1 is 1.29 bits per heavy atom. The number of hydrogen-bond donors (Lipinski definition) is 0. The summed E-state index contributed by atoms with van der Waals surface area (Å²) in [5.74, 6) is 0. The number of fused-ring (bicyclic) bond motifs is 1. The van der Waals surface area contributed by atoms with E-state index in [1.54, 1.807) is 0 Å². The molecule has 0 bridgehead atoms. The summed E-state index contributed by atoms with van der Waals surface area (Å²) in [6, 6.07) is 2.08. The summed E-state index contributed by atoms with van der Waals surface area (Å²) in [6.07, 6.45) is 14.0. The second-order valence-corrected chi connectivity index (χ2v) is 3.62. The van der Waals surface area contributed by atoms with Gasteiger partial charge < -0.3 is 0 Å². The van der Waals surface area contributed by atoms with E-state index in [4.69, 9.17) is 0 Å². The van der Waals surface area contributed by atoms with Crippen LogP contribution in [-0.2, 0) is 0 Å². The summed E-state index contributed by atoms with van der Waals surface area (Å²) in [5.41, 5.74) is 1.45. The minimum atomic E-state index is 1.03. The molecule has 14 heavy (non-hydrogen) atoms. The van der Waals surface area contributed by atoms with Gasteiger partial charge >= 0.3 is 0 Å². The molecule has 72 valence electrons. The Hall–Kier alpha value is -1.37. The maximum absolute atomic E-state index is 4.14. The maximum atomic E-state index is 4.14. The van der Waals surface area contributed by atoms with Crippen LogP contribution in [0, 0.1) is 0 Å². The molecule has 0 fully saturated rings. The van der Waals surface area contributed by atoms with E-state index in [0.29, 0.717) is 0 Å². The average Bonchev–Trinajstić information content (AvgIpc) is 2.40. The van der Waals surface area contributed by atoms with E-state index in [9.17, 15) is 0 Å². The normalized spacial score (nSPS) is 14.5. The van der Waals surface area contributed by atoms with Crippen molar-refractivity contribution in [1.82, 2.24) is 4.98 Å². The molecule has 0 saturated heterocycles. The van der Waals surface area contributed by atoms with Crippen molar-refractivity contribution < 1.29 is 0 Å². The molecule has 1 aliphatic carbocycles. The molecule has 0 amide bonds. The molecule has 0 aromatic carbocycles. The summed E-state index contributed by atoms with van der Waals surface area (Å²) in [5, 5.41) is 2.56. The third-order valence-corrected chi connectivity index (χ3v) is 2.48. The van der Waals surface area contributed by atoms with Crippen molar-refractivity contribution in [2.75, 3.05) is 0 Å². The van der Waals surface area contributed by atoms with E-state index in [-0.39, 0.29) is 0 Å². The van der Waals surface area contributed by atoms with Gasteiger partial charge in [-0.25, -0.2) is 0 Å². The van der Waals surface area contributed by atoms with Crippen LogP contribution < -0.4 is 10.4 Å². The minimum Gasteiger partial charge on any atom is -0.264 e. The lowest BCUT2D eigenvalue weighted by Gasteiger charge is -1.96. The second kappa shape index (κ2) is 4.23. The highest BCUT2D eigenvalue weighted by molar-refractivity contribution is 5.50. The predicted octanol–water partition coefficient (Wildman–Crippen LogP) is 1.77. The van der Waals surface area contributed by atoms with Crippen LogP contribution in [0.25, 0.3) is 12.2 Å². The Bertz CT molecular complexity index is 454. The van der Waals surface area contributed by atoms with Crippen LogP contribution in [0.3, 0.4) is 0 Å². The summed E-state index contributed by atoms with van der Waals surface area (Å²) < 4.78 is 0. The van der Waals surface area contributed by atoms with E-state index in [1.807, 2.05) is 12.4 Å². The molecule has 1 aromatic heterocycles. The largest absolute Gasteiger partial charge is 0.264 e. The zero-order valence-electron chi connectivity index (χ0n) is 8.53. The zero-order chi connectivity index (χ0) is 9.80. The standard InChI is InChI=1S/C13H15N/c1-2-4-11-5-3-6-13-10-14-8-7-12(13)9-11/h5-10H,2-4H2,1H3. The molecule has 0 aliphatic heterocycles. The van der Waals surface area contributed by atoms with Gasteiger partial charge in [0, 0.05) is 12.4 Å². The molecule has 0 radical (unpaired) electrons. The zero-order valence-corrected chi connectivity index (χ0v) is 8.53. The van der Waals surface area contributed by atoms with Crippen LogP contribution in [-0.4, -0.2) is 4.98 Å². The SMILES string of the molecule is CCCC1=CCC=c2cnccc2=C1. The molecule has 2 rings (SSSR count). The van der Waals surface area contributed by atoms with Crippen LogP contribution in [0.4, 0.5) is 0 Å². The monoisotopic (exact) mass is 185 g/mol. The van der Waals surface area contributed by atoms with Gasteiger partial charge in [0.05, 0.1) is 0 Å². The highest BCUT2D eigenvalue weighted by atomic mass is 14.6. The smallest absolute Gasteiger partial charge is 0.0343 e. The van der Waals surface area contributed by atoms with Crippen LogP contribution in [0.5, 0.6) is 0 Å². The van der Waals surface area contributed by atoms with Gasteiger partial charge in [0.1, 0.15) is 0 Å². The van der Waals surface area contributed by atoms with E-state index in [1.165, 1.54) is 28.9 Å². The van der Waals surface area contributed by atoms with Crippen LogP contribution in [0.2, 0.25) is 0 Å². The fraction of sp³-hybridized carbons (Fsp3) is 0.308. The molecule has 1 heterocycles. The molecule has 0 N–H and O–H groups in total. The molecule has 1 aliphatic rings. The van der Waals surface area contributed by atoms with Crippen LogP contribution >= 0.6 is 0 Å². The van der Waals surface area contributed by atoms with Gasteiger partial charge in [-0.2, -0.15) is 0 Å². The van der Waals surface area contributed by atoms with Gasteiger partial charge in [0.25, 0.3) is 0 Å². The van der Waals surface area contributed by atoms with E-state index < -0.39 is 0 Å². The second-order valence-electron chi connectivity index (χ2n) is 3.62. The average molecular weight is 185 g/mol. The molecular weight excluding hydrogens is 170 g/mol. The lowest BCUT2D eigenvalue weighted by atomic mass is 10.1. The Labute approximate surface area is 84.5 Å². The molecule has 1 aromatic rings.